The van der Waals surface area contributed by atoms with Gasteiger partial charge in [-0.15, -0.1) is 0 Å². The molecule has 120 valence electrons. The minimum Gasteiger partial charge on any atom is -0.305 e. The number of nitrogens with zero attached hydrogens (tertiary/aromatic N) is 2. The number of nitrogens with one attached hydrogen (secondary N) is 1. The molecule has 0 radical (unpaired) electrons. The molecular weight excluding hydrogens is 314 g/mol. The van der Waals surface area contributed by atoms with E-state index in [2.05, 4.69) is 21.9 Å². The Morgan fingerprint density at radius 1 is 1.17 bits per heavy atom. The summed E-state index contributed by atoms with van der Waals surface area (Å²) in [5.74, 6) is -0.0685. The molecule has 6 nitrogen and oxygen atoms in total. The van der Waals surface area contributed by atoms with Crippen LogP contribution in [-0.2, 0) is 14.6 Å². The molecule has 0 unspecified atom stereocenters. The molecule has 1 aromatic carbocycles. The quantitative estimate of drug-likeness (QED) is 0.849. The fraction of sp³-hybridized carbons (Fsp3) is 0.188. The Balaban J connectivity index is 2.13. The van der Waals surface area contributed by atoms with Gasteiger partial charge in [-0.1, -0.05) is 25.6 Å². The summed E-state index contributed by atoms with van der Waals surface area (Å²) < 4.78 is 23.5. The number of amides is 1. The topological polar surface area (TPSA) is 89.0 Å². The molecule has 0 saturated carbocycles. The average Bonchev–Trinajstić information content (AvgIpc) is 2.56. The van der Waals surface area contributed by atoms with E-state index in [0.29, 0.717) is 11.4 Å². The zero-order valence-electron chi connectivity index (χ0n) is 12.9. The number of rotatable bonds is 5. The SMILES string of the molecule is C=C(C(=O)Nc1cnc(C)cn1)c1ccc(S(=O)(=O)CC)cc1. The number of carbonyl (C=O) groups is 1. The summed E-state index contributed by atoms with van der Waals surface area (Å²) in [7, 11) is -3.26. The smallest absolute Gasteiger partial charge is 0.256 e. The second kappa shape index (κ2) is 6.70. The molecule has 2 aromatic rings. The first-order chi connectivity index (χ1) is 10.8. The third kappa shape index (κ3) is 4.01. The van der Waals surface area contributed by atoms with Crippen molar-refractivity contribution in [3.05, 3.63) is 54.5 Å². The monoisotopic (exact) mass is 331 g/mol. The zero-order valence-corrected chi connectivity index (χ0v) is 13.7. The van der Waals surface area contributed by atoms with Gasteiger partial charge in [0.2, 0.25) is 0 Å². The van der Waals surface area contributed by atoms with Crippen molar-refractivity contribution >= 4 is 27.1 Å². The lowest BCUT2D eigenvalue weighted by atomic mass is 10.1. The maximum absolute atomic E-state index is 12.1. The van der Waals surface area contributed by atoms with Crippen molar-refractivity contribution < 1.29 is 13.2 Å². The van der Waals surface area contributed by atoms with Gasteiger partial charge in [-0.25, -0.2) is 13.4 Å². The molecule has 0 aliphatic heterocycles. The van der Waals surface area contributed by atoms with Gasteiger partial charge in [0.15, 0.2) is 15.7 Å². The molecule has 0 aliphatic carbocycles. The maximum Gasteiger partial charge on any atom is 0.256 e. The van der Waals surface area contributed by atoms with Crippen LogP contribution in [0.4, 0.5) is 5.82 Å². The fourth-order valence-electron chi connectivity index (χ4n) is 1.81. The van der Waals surface area contributed by atoms with E-state index in [4.69, 9.17) is 0 Å². The third-order valence-electron chi connectivity index (χ3n) is 3.24. The van der Waals surface area contributed by atoms with Crippen molar-refractivity contribution in [2.45, 2.75) is 18.7 Å². The largest absolute Gasteiger partial charge is 0.305 e. The van der Waals surface area contributed by atoms with Crippen LogP contribution in [0.5, 0.6) is 0 Å². The molecule has 1 N–H and O–H groups in total. The Morgan fingerprint density at radius 2 is 1.83 bits per heavy atom. The Hall–Kier alpha value is -2.54. The number of hydrogen-bond acceptors (Lipinski definition) is 5. The van der Waals surface area contributed by atoms with Crippen LogP contribution in [0.2, 0.25) is 0 Å². The molecule has 23 heavy (non-hydrogen) atoms. The average molecular weight is 331 g/mol. The number of benzene rings is 1. The van der Waals surface area contributed by atoms with E-state index in [9.17, 15) is 13.2 Å². The zero-order chi connectivity index (χ0) is 17.0. The summed E-state index contributed by atoms with van der Waals surface area (Å²) in [5, 5.41) is 2.59. The molecule has 1 aromatic heterocycles. The lowest BCUT2D eigenvalue weighted by Crippen LogP contribution is -2.14. The molecule has 0 fully saturated rings. The van der Waals surface area contributed by atoms with Crippen LogP contribution >= 0.6 is 0 Å². The van der Waals surface area contributed by atoms with Gasteiger partial charge < -0.3 is 5.32 Å². The van der Waals surface area contributed by atoms with Crippen molar-refractivity contribution in [2.75, 3.05) is 11.1 Å². The number of carbonyl (C=O) groups excluding carboxylic acids is 1. The predicted octanol–water partition coefficient (Wildman–Crippen LogP) is 2.23. The van der Waals surface area contributed by atoms with E-state index in [1.165, 1.54) is 18.3 Å². The van der Waals surface area contributed by atoms with E-state index in [1.54, 1.807) is 32.2 Å². The molecule has 0 aliphatic rings. The van der Waals surface area contributed by atoms with Gasteiger partial charge in [-0.2, -0.15) is 0 Å². The Bertz CT molecular complexity index is 826. The minimum atomic E-state index is -3.26. The predicted molar refractivity (Wildman–Crippen MR) is 88.6 cm³/mol. The highest BCUT2D eigenvalue weighted by atomic mass is 32.2. The highest BCUT2D eigenvalue weighted by Crippen LogP contribution is 2.18. The molecule has 0 bridgehead atoms. The van der Waals surface area contributed by atoms with Crippen molar-refractivity contribution in [3.63, 3.8) is 0 Å². The molecule has 0 saturated heterocycles. The molecule has 1 heterocycles. The van der Waals surface area contributed by atoms with E-state index < -0.39 is 15.7 Å². The van der Waals surface area contributed by atoms with Crippen LogP contribution in [0.25, 0.3) is 5.57 Å². The van der Waals surface area contributed by atoms with Crippen molar-refractivity contribution in [1.82, 2.24) is 9.97 Å². The number of hydrogen-bond donors (Lipinski definition) is 1. The van der Waals surface area contributed by atoms with Crippen molar-refractivity contribution in [1.29, 1.82) is 0 Å². The Kier molecular flexibility index (Phi) is 4.90. The lowest BCUT2D eigenvalue weighted by molar-refractivity contribution is -0.111. The summed E-state index contributed by atoms with van der Waals surface area (Å²) in [6, 6.07) is 6.06. The summed E-state index contributed by atoms with van der Waals surface area (Å²) in [5.41, 5.74) is 1.50. The lowest BCUT2D eigenvalue weighted by Gasteiger charge is -2.08. The molecule has 0 spiro atoms. The van der Waals surface area contributed by atoms with Gasteiger partial charge in [0.05, 0.1) is 28.7 Å². The van der Waals surface area contributed by atoms with Gasteiger partial charge in [-0.3, -0.25) is 9.78 Å². The Labute approximate surface area is 135 Å². The van der Waals surface area contributed by atoms with Crippen LogP contribution in [0.3, 0.4) is 0 Å². The van der Waals surface area contributed by atoms with Gasteiger partial charge in [0, 0.05) is 5.57 Å². The molecule has 1 amide bonds. The Morgan fingerprint density at radius 3 is 2.35 bits per heavy atom. The molecule has 7 heteroatoms. The first-order valence-corrected chi connectivity index (χ1v) is 8.61. The maximum atomic E-state index is 12.1. The van der Waals surface area contributed by atoms with E-state index in [1.807, 2.05) is 0 Å². The molecular formula is C16H17N3O3S. The fourth-order valence-corrected chi connectivity index (χ4v) is 2.69. The first kappa shape index (κ1) is 16.8. The highest BCUT2D eigenvalue weighted by Gasteiger charge is 2.14. The summed E-state index contributed by atoms with van der Waals surface area (Å²) in [6.07, 6.45) is 3.00. The van der Waals surface area contributed by atoms with E-state index in [0.717, 1.165) is 5.69 Å². The summed E-state index contributed by atoms with van der Waals surface area (Å²) in [6.45, 7) is 7.12. The molecule has 0 atom stereocenters. The van der Waals surface area contributed by atoms with Gasteiger partial charge in [0.1, 0.15) is 0 Å². The highest BCUT2D eigenvalue weighted by molar-refractivity contribution is 7.91. The van der Waals surface area contributed by atoms with E-state index in [-0.39, 0.29) is 16.2 Å². The van der Waals surface area contributed by atoms with Crippen LogP contribution < -0.4 is 5.32 Å². The van der Waals surface area contributed by atoms with Gasteiger partial charge in [0.25, 0.3) is 5.91 Å². The van der Waals surface area contributed by atoms with Crippen LogP contribution in [0.15, 0.2) is 48.1 Å². The standard InChI is InChI=1S/C16H17N3O3S/c1-4-23(21,22)14-7-5-13(6-8-14)12(3)16(20)19-15-10-17-11(2)9-18-15/h5-10H,3-4H2,1-2H3,(H,18,19,20). The number of sulfone groups is 1. The van der Waals surface area contributed by atoms with Gasteiger partial charge in [-0.05, 0) is 24.6 Å². The number of anilines is 1. The molecule has 2 rings (SSSR count). The van der Waals surface area contributed by atoms with Crippen LogP contribution in [-0.4, -0.2) is 30.0 Å². The minimum absolute atomic E-state index is 0.0277. The van der Waals surface area contributed by atoms with Gasteiger partial charge >= 0.3 is 0 Å². The number of aromatic nitrogens is 2. The summed E-state index contributed by atoms with van der Waals surface area (Å²) >= 11 is 0. The number of aryl methyl sites for hydroxylation is 1. The van der Waals surface area contributed by atoms with Crippen molar-refractivity contribution in [3.8, 4) is 0 Å². The van der Waals surface area contributed by atoms with Crippen LogP contribution in [0, 0.1) is 6.92 Å². The van der Waals surface area contributed by atoms with Crippen LogP contribution in [0.1, 0.15) is 18.2 Å². The van der Waals surface area contributed by atoms with E-state index >= 15 is 0 Å². The van der Waals surface area contributed by atoms with Crippen molar-refractivity contribution in [2.24, 2.45) is 0 Å². The summed E-state index contributed by atoms with van der Waals surface area (Å²) in [4.78, 5) is 20.4. The normalized spacial score (nSPS) is 11.0. The second-order valence-corrected chi connectivity index (χ2v) is 7.18. The third-order valence-corrected chi connectivity index (χ3v) is 4.99. The first-order valence-electron chi connectivity index (χ1n) is 6.95. The second-order valence-electron chi connectivity index (χ2n) is 4.90.